The molecule has 60 heavy (non-hydrogen) atoms. The molecule has 0 unspecified atom stereocenters. The summed E-state index contributed by atoms with van der Waals surface area (Å²) in [6.45, 7) is 14.2. The van der Waals surface area contributed by atoms with Gasteiger partial charge in [0.1, 0.15) is 22.5 Å². The number of hydrogen-bond donors (Lipinski definition) is 0. The molecule has 0 bridgehead atoms. The molecule has 2 aromatic heterocycles. The lowest BCUT2D eigenvalue weighted by molar-refractivity contribution is 0.639. The van der Waals surface area contributed by atoms with E-state index in [0.29, 0.717) is 0 Å². The Morgan fingerprint density at radius 1 is 0.433 bits per heavy atom. The number of nitrogens with zero attached hydrogens (tertiary/aromatic N) is 3. The summed E-state index contributed by atoms with van der Waals surface area (Å²) in [4.78, 5) is 7.32. The van der Waals surface area contributed by atoms with Crippen LogP contribution < -0.4 is 41.9 Å². The molecule has 5 nitrogen and oxygen atoms in total. The van der Waals surface area contributed by atoms with Crippen molar-refractivity contribution in [2.45, 2.75) is 39.3 Å². The van der Waals surface area contributed by atoms with Gasteiger partial charge in [-0.05, 0) is 88.6 Å². The van der Waals surface area contributed by atoms with Crippen LogP contribution in [0.3, 0.4) is 0 Å². The molecule has 9 aromatic rings. The second-order valence-corrected chi connectivity index (χ2v) is 28.3. The van der Waals surface area contributed by atoms with Gasteiger partial charge >= 0.3 is 6.71 Å². The molecule has 0 fully saturated rings. The van der Waals surface area contributed by atoms with Gasteiger partial charge in [0, 0.05) is 44.9 Å². The summed E-state index contributed by atoms with van der Waals surface area (Å²) in [5.41, 5.74) is 14.7. The van der Waals surface area contributed by atoms with Crippen LogP contribution in [-0.4, -0.2) is 22.9 Å². The summed E-state index contributed by atoms with van der Waals surface area (Å²) in [7, 11) is -3.70. The molecule has 4 heterocycles. The highest BCUT2D eigenvalue weighted by atomic mass is 28.3. The molecule has 2 aliphatic rings. The Bertz CT molecular complexity index is 2880. The van der Waals surface area contributed by atoms with Crippen LogP contribution in [0.2, 0.25) is 39.3 Å². The van der Waals surface area contributed by atoms with Gasteiger partial charge in [-0.25, -0.2) is 0 Å². The molecule has 11 rings (SSSR count). The minimum atomic E-state index is -1.85. The van der Waals surface area contributed by atoms with Gasteiger partial charge in [-0.1, -0.05) is 136 Å². The second-order valence-electron chi connectivity index (χ2n) is 18.2. The fraction of sp³-hybridized carbons (Fsp3) is 0.115. The molecular formula is C52H46BN3O2Si2. The normalized spacial score (nSPS) is 13.4. The van der Waals surface area contributed by atoms with E-state index in [1.54, 1.807) is 0 Å². The highest BCUT2D eigenvalue weighted by Crippen LogP contribution is 2.51. The molecule has 0 N–H and O–H groups in total. The van der Waals surface area contributed by atoms with E-state index in [-0.39, 0.29) is 6.71 Å². The fourth-order valence-corrected chi connectivity index (χ4v) is 12.5. The monoisotopic (exact) mass is 811 g/mol. The van der Waals surface area contributed by atoms with E-state index in [0.717, 1.165) is 89.9 Å². The number of anilines is 9. The highest BCUT2D eigenvalue weighted by Gasteiger charge is 2.50. The van der Waals surface area contributed by atoms with Gasteiger partial charge < -0.3 is 23.5 Å². The third-order valence-electron chi connectivity index (χ3n) is 12.2. The molecule has 0 spiro atoms. The Morgan fingerprint density at radius 2 is 0.817 bits per heavy atom. The van der Waals surface area contributed by atoms with Crippen LogP contribution in [0.25, 0.3) is 21.9 Å². The Balaban J connectivity index is 1.33. The van der Waals surface area contributed by atoms with Gasteiger partial charge in [-0.2, -0.15) is 0 Å². The van der Waals surface area contributed by atoms with Gasteiger partial charge in [0.05, 0.1) is 33.2 Å². The van der Waals surface area contributed by atoms with E-state index in [2.05, 4.69) is 224 Å². The SMILES string of the molecule is C[Si](C)(C)c1cccc2c3c(oc12)B1c2oc4c([Si](C)(C)C)cccc4c2N(c2ccccc2)c2cc(N(c4ccccc4)c4ccccc4)cc(c21)N3c1ccccc1. The fourth-order valence-electron chi connectivity index (χ4n) is 9.60. The largest absolute Gasteiger partial charge is 0.468 e. The molecule has 7 aromatic carbocycles. The second kappa shape index (κ2) is 13.5. The summed E-state index contributed by atoms with van der Waals surface area (Å²) in [5.74, 6) is 0. The molecule has 0 radical (unpaired) electrons. The lowest BCUT2D eigenvalue weighted by Gasteiger charge is -2.41. The van der Waals surface area contributed by atoms with Crippen molar-refractivity contribution in [3.05, 3.63) is 170 Å². The van der Waals surface area contributed by atoms with E-state index in [1.165, 1.54) is 10.4 Å². The van der Waals surface area contributed by atoms with Crippen molar-refractivity contribution in [2.75, 3.05) is 14.7 Å². The maximum atomic E-state index is 7.47. The van der Waals surface area contributed by atoms with Crippen molar-refractivity contribution < 1.29 is 8.83 Å². The molecule has 0 atom stereocenters. The maximum Gasteiger partial charge on any atom is 0.342 e. The quantitative estimate of drug-likeness (QED) is 0.150. The van der Waals surface area contributed by atoms with Crippen LogP contribution in [0.1, 0.15) is 0 Å². The van der Waals surface area contributed by atoms with E-state index in [4.69, 9.17) is 8.83 Å². The molecule has 0 aliphatic carbocycles. The van der Waals surface area contributed by atoms with Crippen molar-refractivity contribution in [1.82, 2.24) is 0 Å². The van der Waals surface area contributed by atoms with Gasteiger partial charge in [0.2, 0.25) is 0 Å². The van der Waals surface area contributed by atoms with Crippen molar-refractivity contribution in [3.63, 3.8) is 0 Å². The molecule has 0 saturated heterocycles. The molecular weight excluding hydrogens is 766 g/mol. The van der Waals surface area contributed by atoms with Crippen molar-refractivity contribution in [3.8, 4) is 0 Å². The first-order chi connectivity index (χ1) is 29.1. The van der Waals surface area contributed by atoms with Gasteiger partial charge in [0.15, 0.2) is 0 Å². The lowest BCUT2D eigenvalue weighted by Crippen LogP contribution is -2.60. The number of para-hydroxylation sites is 6. The van der Waals surface area contributed by atoms with Crippen molar-refractivity contribution in [1.29, 1.82) is 0 Å². The van der Waals surface area contributed by atoms with Crippen LogP contribution >= 0.6 is 0 Å². The van der Waals surface area contributed by atoms with Crippen molar-refractivity contribution in [2.24, 2.45) is 0 Å². The first-order valence-electron chi connectivity index (χ1n) is 21.0. The Hall–Kier alpha value is -6.48. The summed E-state index contributed by atoms with van der Waals surface area (Å²) in [6, 6.07) is 61.4. The summed E-state index contributed by atoms with van der Waals surface area (Å²) >= 11 is 0. The van der Waals surface area contributed by atoms with Gasteiger partial charge in [-0.3, -0.25) is 0 Å². The third kappa shape index (κ3) is 5.58. The minimum Gasteiger partial charge on any atom is -0.468 e. The number of rotatable bonds is 7. The highest BCUT2D eigenvalue weighted by molar-refractivity contribution is 7.00. The number of fused-ring (bicyclic) bond motifs is 8. The van der Waals surface area contributed by atoms with Gasteiger partial charge in [0.25, 0.3) is 0 Å². The minimum absolute atomic E-state index is 0.306. The molecule has 0 saturated carbocycles. The van der Waals surface area contributed by atoms with E-state index < -0.39 is 16.1 Å². The van der Waals surface area contributed by atoms with E-state index in [9.17, 15) is 0 Å². The molecule has 0 amide bonds. The zero-order valence-electron chi connectivity index (χ0n) is 34.9. The van der Waals surface area contributed by atoms with Crippen LogP contribution in [-0.2, 0) is 0 Å². The zero-order chi connectivity index (χ0) is 40.9. The number of hydrogen-bond acceptors (Lipinski definition) is 5. The molecule has 2 aliphatic heterocycles. The molecule has 8 heteroatoms. The standard InChI is InChI=1S/C52H46BN3O2Si2/c1-59(2,3)44-31-19-29-40-47-51(57-49(40)44)53-46-42(55(47)37-25-15-9-16-26-37)33-39(54(35-21-11-7-12-22-35)36-23-13-8-14-24-36)34-43(46)56(38-27-17-10-18-28-38)48-41-30-20-32-45(60(4,5)6)50(41)58-52(48)53/h7-34H,1-6H3. The zero-order valence-corrected chi connectivity index (χ0v) is 36.9. The van der Waals surface area contributed by atoms with Crippen LogP contribution in [0.5, 0.6) is 0 Å². The molecule has 292 valence electrons. The van der Waals surface area contributed by atoms with Gasteiger partial charge in [-0.15, -0.1) is 0 Å². The number of benzene rings is 7. The lowest BCUT2D eigenvalue weighted by atomic mass is 9.37. The number of furan rings is 2. The Labute approximate surface area is 354 Å². The summed E-state index contributed by atoms with van der Waals surface area (Å²) < 4.78 is 14.9. The predicted octanol–water partition coefficient (Wildman–Crippen LogP) is 11.8. The average Bonchev–Trinajstić information content (AvgIpc) is 3.83. The predicted molar refractivity (Wildman–Crippen MR) is 261 cm³/mol. The topological polar surface area (TPSA) is 36.0 Å². The van der Waals surface area contributed by atoms with Crippen LogP contribution in [0.4, 0.5) is 51.2 Å². The van der Waals surface area contributed by atoms with Crippen LogP contribution in [0.15, 0.2) is 179 Å². The third-order valence-corrected chi connectivity index (χ3v) is 16.2. The van der Waals surface area contributed by atoms with Crippen molar-refractivity contribution >= 4 is 123 Å². The Kier molecular flexibility index (Phi) is 8.25. The van der Waals surface area contributed by atoms with Crippen LogP contribution in [0, 0.1) is 0 Å². The first-order valence-corrected chi connectivity index (χ1v) is 28.0. The first kappa shape index (κ1) is 36.6. The summed E-state index contributed by atoms with van der Waals surface area (Å²) in [6.07, 6.45) is 0. The average molecular weight is 812 g/mol. The smallest absolute Gasteiger partial charge is 0.342 e. The maximum absolute atomic E-state index is 7.47. The summed E-state index contributed by atoms with van der Waals surface area (Å²) in [5, 5.41) is 4.89. The van der Waals surface area contributed by atoms with E-state index >= 15 is 0 Å². The van der Waals surface area contributed by atoms with E-state index in [1.807, 2.05) is 0 Å². The Morgan fingerprint density at radius 3 is 1.20 bits per heavy atom.